The molecule has 0 spiro atoms. The van der Waals surface area contributed by atoms with Crippen LogP contribution in [0.1, 0.15) is 26.7 Å². The summed E-state index contributed by atoms with van der Waals surface area (Å²) in [6, 6.07) is 2.63. The molecule has 4 heteroatoms. The highest BCUT2D eigenvalue weighted by Crippen LogP contribution is 2.23. The molecular weight excluding hydrogens is 212 g/mol. The van der Waals surface area contributed by atoms with Crippen LogP contribution in [-0.4, -0.2) is 35.6 Å². The van der Waals surface area contributed by atoms with Gasteiger partial charge >= 0.3 is 0 Å². The fraction of sp³-hybridized carbons (Fsp3) is 0.692. The minimum atomic E-state index is 0.632. The van der Waals surface area contributed by atoms with Gasteiger partial charge in [-0.15, -0.1) is 0 Å². The minimum Gasteiger partial charge on any atom is -0.357 e. The zero-order valence-corrected chi connectivity index (χ0v) is 10.8. The second-order valence-corrected chi connectivity index (χ2v) is 4.74. The van der Waals surface area contributed by atoms with Crippen molar-refractivity contribution in [3.8, 4) is 0 Å². The number of hydrogen-bond donors (Lipinski definition) is 1. The van der Waals surface area contributed by atoms with Gasteiger partial charge in [0.2, 0.25) is 0 Å². The molecule has 1 aromatic rings. The first kappa shape index (κ1) is 12.3. The van der Waals surface area contributed by atoms with Crippen LogP contribution in [-0.2, 0) is 0 Å². The summed E-state index contributed by atoms with van der Waals surface area (Å²) >= 11 is 0. The lowest BCUT2D eigenvalue weighted by atomic mass is 9.90. The van der Waals surface area contributed by atoms with Gasteiger partial charge < -0.3 is 10.2 Å². The second kappa shape index (κ2) is 5.96. The van der Waals surface area contributed by atoms with E-state index in [1.807, 2.05) is 12.3 Å². The van der Waals surface area contributed by atoms with E-state index in [0.29, 0.717) is 6.04 Å². The molecule has 94 valence electrons. The maximum Gasteiger partial charge on any atom is 0.131 e. The van der Waals surface area contributed by atoms with Crippen LogP contribution in [0, 0.1) is 5.92 Å². The predicted octanol–water partition coefficient (Wildman–Crippen LogP) is 1.69. The SMILES string of the molecule is CCNC(C)C1CCN(c2ccncn2)CC1. The number of piperidine rings is 1. The average molecular weight is 234 g/mol. The molecule has 0 bridgehead atoms. The lowest BCUT2D eigenvalue weighted by molar-refractivity contribution is 0.314. The third-order valence-electron chi connectivity index (χ3n) is 3.66. The molecule has 1 saturated heterocycles. The largest absolute Gasteiger partial charge is 0.357 e. The van der Waals surface area contributed by atoms with Crippen molar-refractivity contribution in [3.05, 3.63) is 18.6 Å². The normalized spacial score (nSPS) is 19.3. The summed E-state index contributed by atoms with van der Waals surface area (Å²) < 4.78 is 0. The Hall–Kier alpha value is -1.16. The Morgan fingerprint density at radius 1 is 1.47 bits per heavy atom. The molecule has 4 nitrogen and oxygen atoms in total. The number of rotatable bonds is 4. The molecular formula is C13H22N4. The van der Waals surface area contributed by atoms with Crippen LogP contribution in [0.4, 0.5) is 5.82 Å². The van der Waals surface area contributed by atoms with Gasteiger partial charge in [0.05, 0.1) is 0 Å². The van der Waals surface area contributed by atoms with Crippen molar-refractivity contribution >= 4 is 5.82 Å². The maximum absolute atomic E-state index is 4.31. The molecule has 17 heavy (non-hydrogen) atoms. The summed E-state index contributed by atoms with van der Waals surface area (Å²) in [5.74, 6) is 1.86. The van der Waals surface area contributed by atoms with Crippen molar-refractivity contribution in [1.82, 2.24) is 15.3 Å². The maximum atomic E-state index is 4.31. The lowest BCUT2D eigenvalue weighted by Gasteiger charge is -2.35. The summed E-state index contributed by atoms with van der Waals surface area (Å²) in [6.45, 7) is 7.75. The number of anilines is 1. The van der Waals surface area contributed by atoms with Crippen LogP contribution in [0.5, 0.6) is 0 Å². The van der Waals surface area contributed by atoms with Gasteiger partial charge in [0.25, 0.3) is 0 Å². The minimum absolute atomic E-state index is 0.632. The van der Waals surface area contributed by atoms with E-state index in [1.54, 1.807) is 6.33 Å². The summed E-state index contributed by atoms with van der Waals surface area (Å²) in [5, 5.41) is 3.53. The van der Waals surface area contributed by atoms with Gasteiger partial charge in [-0.2, -0.15) is 0 Å². The van der Waals surface area contributed by atoms with Gasteiger partial charge in [0.1, 0.15) is 12.1 Å². The summed E-state index contributed by atoms with van der Waals surface area (Å²) in [7, 11) is 0. The summed E-state index contributed by atoms with van der Waals surface area (Å²) in [6.07, 6.45) is 5.94. The van der Waals surface area contributed by atoms with E-state index in [9.17, 15) is 0 Å². The van der Waals surface area contributed by atoms with Gasteiger partial charge in [0.15, 0.2) is 0 Å². The van der Waals surface area contributed by atoms with Crippen molar-refractivity contribution in [2.75, 3.05) is 24.5 Å². The van der Waals surface area contributed by atoms with Gasteiger partial charge in [-0.25, -0.2) is 9.97 Å². The molecule has 0 aliphatic carbocycles. The Bertz CT molecular complexity index is 319. The van der Waals surface area contributed by atoms with Crippen molar-refractivity contribution < 1.29 is 0 Å². The molecule has 1 unspecified atom stereocenters. The number of nitrogens with zero attached hydrogens (tertiary/aromatic N) is 3. The zero-order chi connectivity index (χ0) is 12.1. The molecule has 2 heterocycles. The molecule has 0 radical (unpaired) electrons. The van der Waals surface area contributed by atoms with Gasteiger partial charge in [0, 0.05) is 25.3 Å². The predicted molar refractivity (Wildman–Crippen MR) is 70.1 cm³/mol. The van der Waals surface area contributed by atoms with Gasteiger partial charge in [-0.05, 0) is 38.3 Å². The molecule has 1 N–H and O–H groups in total. The van der Waals surface area contributed by atoms with Gasteiger partial charge in [-0.1, -0.05) is 6.92 Å². The van der Waals surface area contributed by atoms with Crippen molar-refractivity contribution in [2.45, 2.75) is 32.7 Å². The Labute approximate surface area is 103 Å². The summed E-state index contributed by atoms with van der Waals surface area (Å²) in [5.41, 5.74) is 0. The Kier molecular flexibility index (Phi) is 4.31. The molecule has 1 atom stereocenters. The second-order valence-electron chi connectivity index (χ2n) is 4.74. The third kappa shape index (κ3) is 3.16. The van der Waals surface area contributed by atoms with Crippen LogP contribution >= 0.6 is 0 Å². The third-order valence-corrected chi connectivity index (χ3v) is 3.66. The Balaban J connectivity index is 1.86. The highest BCUT2D eigenvalue weighted by atomic mass is 15.2. The first-order valence-electron chi connectivity index (χ1n) is 6.55. The monoisotopic (exact) mass is 234 g/mol. The molecule has 1 fully saturated rings. The fourth-order valence-corrected chi connectivity index (χ4v) is 2.59. The van der Waals surface area contributed by atoms with Crippen LogP contribution in [0.15, 0.2) is 18.6 Å². The van der Waals surface area contributed by atoms with Crippen LogP contribution in [0.25, 0.3) is 0 Å². The fourth-order valence-electron chi connectivity index (χ4n) is 2.59. The molecule has 0 saturated carbocycles. The van der Waals surface area contributed by atoms with E-state index < -0.39 is 0 Å². The highest BCUT2D eigenvalue weighted by Gasteiger charge is 2.23. The number of nitrogens with one attached hydrogen (secondary N) is 1. The van der Waals surface area contributed by atoms with E-state index in [0.717, 1.165) is 31.4 Å². The van der Waals surface area contributed by atoms with E-state index >= 15 is 0 Å². The molecule has 0 amide bonds. The number of hydrogen-bond acceptors (Lipinski definition) is 4. The zero-order valence-electron chi connectivity index (χ0n) is 10.8. The first-order valence-corrected chi connectivity index (χ1v) is 6.55. The highest BCUT2D eigenvalue weighted by molar-refractivity contribution is 5.36. The van der Waals surface area contributed by atoms with Crippen molar-refractivity contribution in [3.63, 3.8) is 0 Å². The standard InChI is InChI=1S/C13H22N4/c1-3-15-11(2)12-5-8-17(9-6-12)13-4-7-14-10-16-13/h4,7,10-12,15H,3,5-6,8-9H2,1-2H3. The number of aromatic nitrogens is 2. The van der Waals surface area contributed by atoms with Crippen LogP contribution in [0.3, 0.4) is 0 Å². The Morgan fingerprint density at radius 2 is 2.24 bits per heavy atom. The summed E-state index contributed by atoms with van der Waals surface area (Å²) in [4.78, 5) is 10.6. The van der Waals surface area contributed by atoms with Crippen LogP contribution in [0.2, 0.25) is 0 Å². The van der Waals surface area contributed by atoms with Crippen LogP contribution < -0.4 is 10.2 Å². The molecule has 1 aromatic heterocycles. The van der Waals surface area contributed by atoms with E-state index in [4.69, 9.17) is 0 Å². The molecule has 0 aromatic carbocycles. The molecule has 1 aliphatic heterocycles. The average Bonchev–Trinajstić information content (AvgIpc) is 2.40. The first-order chi connectivity index (χ1) is 8.31. The van der Waals surface area contributed by atoms with E-state index in [2.05, 4.69) is 34.0 Å². The lowest BCUT2D eigenvalue weighted by Crippen LogP contribution is -2.42. The van der Waals surface area contributed by atoms with Crippen molar-refractivity contribution in [1.29, 1.82) is 0 Å². The van der Waals surface area contributed by atoms with Crippen molar-refractivity contribution in [2.24, 2.45) is 5.92 Å². The van der Waals surface area contributed by atoms with E-state index in [-0.39, 0.29) is 0 Å². The van der Waals surface area contributed by atoms with E-state index in [1.165, 1.54) is 12.8 Å². The smallest absolute Gasteiger partial charge is 0.131 e. The quantitative estimate of drug-likeness (QED) is 0.861. The molecule has 2 rings (SSSR count). The van der Waals surface area contributed by atoms with Gasteiger partial charge in [-0.3, -0.25) is 0 Å². The molecule has 1 aliphatic rings. The topological polar surface area (TPSA) is 41.0 Å². The Morgan fingerprint density at radius 3 is 2.82 bits per heavy atom.